The van der Waals surface area contributed by atoms with Gasteiger partial charge in [-0.2, -0.15) is 4.72 Å². The molecule has 1 aromatic carbocycles. The molecule has 0 radical (unpaired) electrons. The molecular formula is C14H21NO4S. The lowest BCUT2D eigenvalue weighted by Gasteiger charge is -2.27. The Labute approximate surface area is 120 Å². The van der Waals surface area contributed by atoms with Crippen molar-refractivity contribution in [3.05, 3.63) is 29.8 Å². The molecule has 1 atom stereocenters. The third-order valence-corrected chi connectivity index (χ3v) is 4.88. The largest absolute Gasteiger partial charge is 0.468 e. The minimum Gasteiger partial charge on any atom is -0.468 e. The van der Waals surface area contributed by atoms with E-state index in [0.29, 0.717) is 18.4 Å². The van der Waals surface area contributed by atoms with Crippen LogP contribution in [-0.4, -0.2) is 27.0 Å². The van der Waals surface area contributed by atoms with Gasteiger partial charge in [-0.15, -0.1) is 0 Å². The van der Waals surface area contributed by atoms with Crippen molar-refractivity contribution < 1.29 is 17.9 Å². The van der Waals surface area contributed by atoms with E-state index in [-0.39, 0.29) is 4.90 Å². The van der Waals surface area contributed by atoms with Crippen LogP contribution in [0.2, 0.25) is 0 Å². The standard InChI is InChI=1S/C14H21NO4S/c1-5-10-14(3,13(16)19-4)15-20(17,18)12-9-7-6-8-11(12)2/h6-9,15H,5,10H2,1-4H3. The Morgan fingerprint density at radius 3 is 2.45 bits per heavy atom. The molecule has 1 unspecified atom stereocenters. The normalized spacial score (nSPS) is 14.6. The summed E-state index contributed by atoms with van der Waals surface area (Å²) in [5.74, 6) is -0.587. The maximum absolute atomic E-state index is 12.4. The molecule has 112 valence electrons. The van der Waals surface area contributed by atoms with Crippen molar-refractivity contribution in [3.63, 3.8) is 0 Å². The van der Waals surface area contributed by atoms with Crippen LogP contribution in [0.15, 0.2) is 29.2 Å². The Hall–Kier alpha value is -1.40. The number of nitrogens with one attached hydrogen (secondary N) is 1. The van der Waals surface area contributed by atoms with E-state index in [9.17, 15) is 13.2 Å². The van der Waals surface area contributed by atoms with Gasteiger partial charge in [0.25, 0.3) is 0 Å². The van der Waals surface area contributed by atoms with Gasteiger partial charge in [0.1, 0.15) is 5.54 Å². The van der Waals surface area contributed by atoms with Crippen molar-refractivity contribution >= 4 is 16.0 Å². The molecule has 0 aliphatic rings. The molecule has 0 heterocycles. The van der Waals surface area contributed by atoms with Crippen LogP contribution in [0, 0.1) is 6.92 Å². The first-order chi connectivity index (χ1) is 9.27. The molecule has 0 fully saturated rings. The Kier molecular flexibility index (Phi) is 5.30. The summed E-state index contributed by atoms with van der Waals surface area (Å²) in [5.41, 5.74) is -0.631. The van der Waals surface area contributed by atoms with Gasteiger partial charge < -0.3 is 4.74 Å². The molecule has 6 heteroatoms. The van der Waals surface area contributed by atoms with Gasteiger partial charge >= 0.3 is 5.97 Å². The highest BCUT2D eigenvalue weighted by Gasteiger charge is 2.38. The number of sulfonamides is 1. The number of carbonyl (C=O) groups is 1. The molecule has 1 N–H and O–H groups in total. The minimum absolute atomic E-state index is 0.172. The van der Waals surface area contributed by atoms with Crippen LogP contribution >= 0.6 is 0 Å². The maximum Gasteiger partial charge on any atom is 0.326 e. The van der Waals surface area contributed by atoms with Crippen LogP contribution < -0.4 is 4.72 Å². The van der Waals surface area contributed by atoms with E-state index in [1.807, 2.05) is 6.92 Å². The molecule has 0 saturated heterocycles. The van der Waals surface area contributed by atoms with E-state index in [2.05, 4.69) is 4.72 Å². The smallest absolute Gasteiger partial charge is 0.326 e. The lowest BCUT2D eigenvalue weighted by Crippen LogP contribution is -2.52. The summed E-state index contributed by atoms with van der Waals surface area (Å²) in [6, 6.07) is 6.64. The molecule has 20 heavy (non-hydrogen) atoms. The van der Waals surface area contributed by atoms with E-state index in [0.717, 1.165) is 0 Å². The Bertz CT molecular complexity index is 583. The predicted molar refractivity (Wildman–Crippen MR) is 76.8 cm³/mol. The van der Waals surface area contributed by atoms with E-state index >= 15 is 0 Å². The van der Waals surface area contributed by atoms with Crippen LogP contribution in [0.5, 0.6) is 0 Å². The minimum atomic E-state index is -3.78. The Morgan fingerprint density at radius 2 is 1.95 bits per heavy atom. The number of aryl methyl sites for hydroxylation is 1. The molecule has 0 aliphatic heterocycles. The van der Waals surface area contributed by atoms with Crippen molar-refractivity contribution in [1.29, 1.82) is 0 Å². The van der Waals surface area contributed by atoms with E-state index in [1.165, 1.54) is 20.1 Å². The molecule has 5 nitrogen and oxygen atoms in total. The maximum atomic E-state index is 12.4. The summed E-state index contributed by atoms with van der Waals surface area (Å²) in [6.45, 7) is 5.13. The Morgan fingerprint density at radius 1 is 1.35 bits per heavy atom. The number of methoxy groups -OCH3 is 1. The summed E-state index contributed by atoms with van der Waals surface area (Å²) in [5, 5.41) is 0. The molecular weight excluding hydrogens is 278 g/mol. The zero-order valence-electron chi connectivity index (χ0n) is 12.3. The fourth-order valence-electron chi connectivity index (χ4n) is 2.13. The van der Waals surface area contributed by atoms with Crippen LogP contribution in [0.3, 0.4) is 0 Å². The first kappa shape index (κ1) is 16.7. The van der Waals surface area contributed by atoms with Crippen LogP contribution in [0.4, 0.5) is 0 Å². The second-order valence-corrected chi connectivity index (χ2v) is 6.60. The number of benzene rings is 1. The highest BCUT2D eigenvalue weighted by Crippen LogP contribution is 2.21. The first-order valence-corrected chi connectivity index (χ1v) is 7.93. The summed E-state index contributed by atoms with van der Waals surface area (Å²) in [4.78, 5) is 12.0. The number of hydrogen-bond donors (Lipinski definition) is 1. The summed E-state index contributed by atoms with van der Waals surface area (Å²) < 4.78 is 32.1. The van der Waals surface area contributed by atoms with Gasteiger partial charge in [0.15, 0.2) is 0 Å². The molecule has 0 amide bonds. The van der Waals surface area contributed by atoms with Crippen molar-refractivity contribution in [2.75, 3.05) is 7.11 Å². The van der Waals surface area contributed by atoms with Crippen LogP contribution in [0.1, 0.15) is 32.3 Å². The first-order valence-electron chi connectivity index (χ1n) is 6.45. The van der Waals surface area contributed by atoms with Gasteiger partial charge in [0.2, 0.25) is 10.0 Å². The lowest BCUT2D eigenvalue weighted by atomic mass is 9.98. The monoisotopic (exact) mass is 299 g/mol. The molecule has 1 rings (SSSR count). The molecule has 0 saturated carbocycles. The number of rotatable bonds is 6. The van der Waals surface area contributed by atoms with Gasteiger partial charge in [0, 0.05) is 0 Å². The van der Waals surface area contributed by atoms with Gasteiger partial charge in [-0.25, -0.2) is 8.42 Å². The third-order valence-electron chi connectivity index (χ3n) is 3.13. The summed E-state index contributed by atoms with van der Waals surface area (Å²) in [6.07, 6.45) is 1.02. The zero-order valence-corrected chi connectivity index (χ0v) is 13.1. The summed E-state index contributed by atoms with van der Waals surface area (Å²) in [7, 11) is -2.53. The summed E-state index contributed by atoms with van der Waals surface area (Å²) >= 11 is 0. The lowest BCUT2D eigenvalue weighted by molar-refractivity contribution is -0.147. The molecule has 0 aliphatic carbocycles. The Balaban J connectivity index is 3.17. The second kappa shape index (κ2) is 6.37. The van der Waals surface area contributed by atoms with Gasteiger partial charge in [-0.3, -0.25) is 4.79 Å². The molecule has 0 bridgehead atoms. The number of hydrogen-bond acceptors (Lipinski definition) is 4. The number of carbonyl (C=O) groups excluding carboxylic acids is 1. The fraction of sp³-hybridized carbons (Fsp3) is 0.500. The van der Waals surface area contributed by atoms with Crippen molar-refractivity contribution in [3.8, 4) is 0 Å². The highest BCUT2D eigenvalue weighted by atomic mass is 32.2. The third kappa shape index (κ3) is 3.58. The van der Waals surface area contributed by atoms with E-state index in [4.69, 9.17) is 4.74 Å². The molecule has 0 aromatic heterocycles. The van der Waals surface area contributed by atoms with Gasteiger partial charge in [0.05, 0.1) is 12.0 Å². The highest BCUT2D eigenvalue weighted by molar-refractivity contribution is 7.89. The van der Waals surface area contributed by atoms with E-state index < -0.39 is 21.5 Å². The van der Waals surface area contributed by atoms with Crippen molar-refractivity contribution in [2.24, 2.45) is 0 Å². The molecule has 0 spiro atoms. The van der Waals surface area contributed by atoms with Gasteiger partial charge in [-0.1, -0.05) is 31.5 Å². The average Bonchev–Trinajstić information content (AvgIpc) is 2.37. The van der Waals surface area contributed by atoms with Gasteiger partial charge in [-0.05, 0) is 31.9 Å². The zero-order chi connectivity index (χ0) is 15.4. The number of ether oxygens (including phenoxy) is 1. The number of esters is 1. The second-order valence-electron chi connectivity index (χ2n) is 4.94. The SMILES string of the molecule is CCCC(C)(NS(=O)(=O)c1ccccc1C)C(=O)OC. The molecule has 1 aromatic rings. The van der Waals surface area contributed by atoms with E-state index in [1.54, 1.807) is 25.1 Å². The average molecular weight is 299 g/mol. The van der Waals surface area contributed by atoms with Crippen LogP contribution in [-0.2, 0) is 19.6 Å². The topological polar surface area (TPSA) is 72.5 Å². The van der Waals surface area contributed by atoms with Crippen molar-refractivity contribution in [1.82, 2.24) is 4.72 Å². The quantitative estimate of drug-likeness (QED) is 0.816. The fourth-order valence-corrected chi connectivity index (χ4v) is 3.77. The predicted octanol–water partition coefficient (Wildman–Crippen LogP) is 2.01. The van der Waals surface area contributed by atoms with Crippen molar-refractivity contribution in [2.45, 2.75) is 44.0 Å². The van der Waals surface area contributed by atoms with Crippen LogP contribution in [0.25, 0.3) is 0 Å².